The van der Waals surface area contributed by atoms with E-state index in [1.165, 1.54) is 7.05 Å². The second-order valence-electron chi connectivity index (χ2n) is 5.70. The van der Waals surface area contributed by atoms with Crippen molar-refractivity contribution in [3.8, 4) is 0 Å². The monoisotopic (exact) mass is 366 g/mol. The molecule has 2 aromatic rings. The molecule has 4 nitrogen and oxygen atoms in total. The van der Waals surface area contributed by atoms with E-state index in [0.29, 0.717) is 5.69 Å². The smallest absolute Gasteiger partial charge is 0.255 e. The Labute approximate surface area is 149 Å². The number of benzene rings is 2. The highest BCUT2D eigenvalue weighted by Crippen LogP contribution is 2.22. The molecule has 2 amide bonds. The van der Waals surface area contributed by atoms with Crippen molar-refractivity contribution in [2.24, 2.45) is 0 Å². The van der Waals surface area contributed by atoms with E-state index in [1.807, 2.05) is 26.0 Å². The minimum Gasteiger partial charge on any atom is -0.332 e. The van der Waals surface area contributed by atoms with Gasteiger partial charge >= 0.3 is 0 Å². The van der Waals surface area contributed by atoms with Crippen LogP contribution in [-0.2, 0) is 4.79 Å². The van der Waals surface area contributed by atoms with E-state index in [9.17, 15) is 18.4 Å². The van der Waals surface area contributed by atoms with Gasteiger partial charge in [0.15, 0.2) is 11.6 Å². The van der Waals surface area contributed by atoms with Crippen molar-refractivity contribution in [2.45, 2.75) is 13.8 Å². The maximum atomic E-state index is 13.3. The molecule has 2 rings (SSSR count). The first-order chi connectivity index (χ1) is 11.7. The van der Waals surface area contributed by atoms with Gasteiger partial charge in [0.05, 0.1) is 17.1 Å². The first-order valence-electron chi connectivity index (χ1n) is 7.46. The molecule has 0 fully saturated rings. The van der Waals surface area contributed by atoms with Gasteiger partial charge in [-0.15, -0.1) is 0 Å². The zero-order chi connectivity index (χ0) is 18.7. The molecule has 0 radical (unpaired) electrons. The van der Waals surface area contributed by atoms with Gasteiger partial charge in [0, 0.05) is 12.7 Å². The highest BCUT2D eigenvalue weighted by atomic mass is 35.5. The Balaban J connectivity index is 2.09. The second-order valence-corrected chi connectivity index (χ2v) is 6.11. The topological polar surface area (TPSA) is 49.4 Å². The van der Waals surface area contributed by atoms with Crippen LogP contribution in [0, 0.1) is 25.5 Å². The quantitative estimate of drug-likeness (QED) is 0.833. The lowest BCUT2D eigenvalue weighted by atomic mass is 10.1. The van der Waals surface area contributed by atoms with Crippen LogP contribution in [-0.4, -0.2) is 30.3 Å². The summed E-state index contributed by atoms with van der Waals surface area (Å²) in [5.41, 5.74) is 2.39. The number of halogens is 3. The van der Waals surface area contributed by atoms with E-state index in [4.69, 9.17) is 11.6 Å². The number of carbonyl (C=O) groups is 2. The number of anilines is 1. The summed E-state index contributed by atoms with van der Waals surface area (Å²) in [5, 5.41) is 2.51. The Bertz CT molecular complexity index is 840. The first-order valence-corrected chi connectivity index (χ1v) is 7.84. The fraction of sp³-hybridized carbons (Fsp3) is 0.222. The Morgan fingerprint density at radius 1 is 1.16 bits per heavy atom. The minimum atomic E-state index is -1.18. The van der Waals surface area contributed by atoms with Gasteiger partial charge in [0.2, 0.25) is 5.91 Å². The van der Waals surface area contributed by atoms with E-state index >= 15 is 0 Å². The summed E-state index contributed by atoms with van der Waals surface area (Å²) in [4.78, 5) is 25.5. The fourth-order valence-corrected chi connectivity index (χ4v) is 2.49. The highest BCUT2D eigenvalue weighted by Gasteiger charge is 2.20. The third-order valence-electron chi connectivity index (χ3n) is 3.85. The average Bonchev–Trinajstić information content (AvgIpc) is 2.54. The Morgan fingerprint density at radius 2 is 1.80 bits per heavy atom. The molecule has 0 saturated carbocycles. The minimum absolute atomic E-state index is 0.206. The van der Waals surface area contributed by atoms with Crippen molar-refractivity contribution in [3.05, 3.63) is 63.7 Å². The number of nitrogens with zero attached hydrogens (tertiary/aromatic N) is 1. The normalized spacial score (nSPS) is 10.5. The van der Waals surface area contributed by atoms with Gasteiger partial charge in [0.1, 0.15) is 0 Å². The zero-order valence-electron chi connectivity index (χ0n) is 14.0. The van der Waals surface area contributed by atoms with E-state index in [2.05, 4.69) is 5.32 Å². The maximum absolute atomic E-state index is 13.3. The Morgan fingerprint density at radius 3 is 2.48 bits per heavy atom. The van der Waals surface area contributed by atoms with Gasteiger partial charge in [-0.05, 0) is 43.2 Å². The summed E-state index contributed by atoms with van der Waals surface area (Å²) >= 11 is 5.79. The molecule has 0 atom stereocenters. The summed E-state index contributed by atoms with van der Waals surface area (Å²) in [6, 6.07) is 6.95. The summed E-state index contributed by atoms with van der Waals surface area (Å²) in [6.07, 6.45) is 0. The van der Waals surface area contributed by atoms with Crippen LogP contribution in [0.2, 0.25) is 5.02 Å². The molecule has 1 N–H and O–H groups in total. The first kappa shape index (κ1) is 18.9. The number of aryl methyl sites for hydroxylation is 1. The van der Waals surface area contributed by atoms with Gasteiger partial charge in [-0.3, -0.25) is 9.59 Å². The third-order valence-corrected chi connectivity index (χ3v) is 4.16. The zero-order valence-corrected chi connectivity index (χ0v) is 14.7. The Kier molecular flexibility index (Phi) is 5.74. The lowest BCUT2D eigenvalue weighted by molar-refractivity contribution is -0.116. The summed E-state index contributed by atoms with van der Waals surface area (Å²) < 4.78 is 26.4. The number of hydrogen-bond acceptors (Lipinski definition) is 2. The fourth-order valence-electron chi connectivity index (χ4n) is 2.26. The SMILES string of the molecule is Cc1cccc(NC(=O)CN(C)C(=O)c2cc(F)c(F)cc2Cl)c1C. The molecule has 0 spiro atoms. The standard InChI is InChI=1S/C18H17ClF2N2O2/c1-10-5-4-6-16(11(10)2)22-17(24)9-23(3)18(25)12-7-14(20)15(21)8-13(12)19/h4-8H,9H2,1-3H3,(H,22,24). The van der Waals surface area contributed by atoms with Crippen LogP contribution in [0.1, 0.15) is 21.5 Å². The number of nitrogens with one attached hydrogen (secondary N) is 1. The van der Waals surface area contributed by atoms with Crippen molar-refractivity contribution in [3.63, 3.8) is 0 Å². The number of rotatable bonds is 4. The summed E-state index contributed by atoms with van der Waals surface area (Å²) in [7, 11) is 1.38. The Hall–Kier alpha value is -2.47. The maximum Gasteiger partial charge on any atom is 0.255 e. The molecule has 0 heterocycles. The summed E-state index contributed by atoms with van der Waals surface area (Å²) in [6.45, 7) is 3.54. The molecule has 25 heavy (non-hydrogen) atoms. The lowest BCUT2D eigenvalue weighted by Crippen LogP contribution is -2.35. The molecule has 0 unspecified atom stereocenters. The van der Waals surface area contributed by atoms with Crippen LogP contribution >= 0.6 is 11.6 Å². The van der Waals surface area contributed by atoms with Crippen molar-refractivity contribution < 1.29 is 18.4 Å². The predicted molar refractivity (Wildman–Crippen MR) is 92.9 cm³/mol. The van der Waals surface area contributed by atoms with Crippen LogP contribution in [0.5, 0.6) is 0 Å². The molecule has 0 saturated heterocycles. The predicted octanol–water partition coefficient (Wildman–Crippen LogP) is 3.95. The van der Waals surface area contributed by atoms with Crippen LogP contribution in [0.4, 0.5) is 14.5 Å². The van der Waals surface area contributed by atoms with E-state index in [-0.39, 0.29) is 17.1 Å². The lowest BCUT2D eigenvalue weighted by Gasteiger charge is -2.18. The van der Waals surface area contributed by atoms with Gasteiger partial charge in [-0.1, -0.05) is 23.7 Å². The molecule has 2 aromatic carbocycles. The molecule has 0 aliphatic heterocycles. The number of likely N-dealkylation sites (N-methyl/N-ethyl adjacent to an activating group) is 1. The molecule has 0 aliphatic rings. The van der Waals surface area contributed by atoms with Crippen molar-refractivity contribution in [1.82, 2.24) is 4.90 Å². The van der Waals surface area contributed by atoms with Crippen molar-refractivity contribution in [2.75, 3.05) is 18.9 Å². The molecule has 0 bridgehead atoms. The van der Waals surface area contributed by atoms with Gasteiger partial charge in [-0.25, -0.2) is 8.78 Å². The van der Waals surface area contributed by atoms with Crippen molar-refractivity contribution >= 4 is 29.1 Å². The van der Waals surface area contributed by atoms with Crippen LogP contribution in [0.25, 0.3) is 0 Å². The second kappa shape index (κ2) is 7.61. The molecule has 132 valence electrons. The highest BCUT2D eigenvalue weighted by molar-refractivity contribution is 6.33. The van der Waals surface area contributed by atoms with Crippen LogP contribution < -0.4 is 5.32 Å². The molecular weight excluding hydrogens is 350 g/mol. The van der Waals surface area contributed by atoms with Crippen LogP contribution in [0.3, 0.4) is 0 Å². The number of hydrogen-bond donors (Lipinski definition) is 1. The molecule has 0 aliphatic carbocycles. The van der Waals surface area contributed by atoms with Gasteiger partial charge in [-0.2, -0.15) is 0 Å². The number of carbonyl (C=O) groups excluding carboxylic acids is 2. The third kappa shape index (κ3) is 4.33. The number of amides is 2. The van der Waals surface area contributed by atoms with Crippen LogP contribution in [0.15, 0.2) is 30.3 Å². The van der Waals surface area contributed by atoms with Crippen molar-refractivity contribution in [1.29, 1.82) is 0 Å². The van der Waals surface area contributed by atoms with E-state index in [1.54, 1.807) is 6.07 Å². The molecule has 7 heteroatoms. The van der Waals surface area contributed by atoms with Gasteiger partial charge < -0.3 is 10.2 Å². The van der Waals surface area contributed by atoms with E-state index in [0.717, 1.165) is 28.2 Å². The van der Waals surface area contributed by atoms with E-state index < -0.39 is 23.4 Å². The van der Waals surface area contributed by atoms with Gasteiger partial charge in [0.25, 0.3) is 5.91 Å². The largest absolute Gasteiger partial charge is 0.332 e. The summed E-state index contributed by atoms with van der Waals surface area (Å²) in [5.74, 6) is -3.42. The molecular formula is C18H17ClF2N2O2. The average molecular weight is 367 g/mol. The molecule has 0 aromatic heterocycles.